The maximum Gasteiger partial charge on any atom is 0.408 e. The van der Waals surface area contributed by atoms with E-state index in [9.17, 15) is 9.90 Å². The number of nitrogens with zero attached hydrogens (tertiary/aromatic N) is 1. The lowest BCUT2D eigenvalue weighted by Gasteiger charge is -2.30. The van der Waals surface area contributed by atoms with Gasteiger partial charge in [0.2, 0.25) is 0 Å². The van der Waals surface area contributed by atoms with Crippen LogP contribution in [-0.4, -0.2) is 35.9 Å². The number of carboxylic acid groups (broad SMARTS) is 1. The normalized spacial score (nSPS) is 16.1. The Morgan fingerprint density at radius 3 is 2.74 bits per heavy atom. The van der Waals surface area contributed by atoms with Crippen molar-refractivity contribution in [2.45, 2.75) is 31.3 Å². The Kier molecular flexibility index (Phi) is 4.66. The van der Waals surface area contributed by atoms with Gasteiger partial charge in [0, 0.05) is 24.8 Å². The molecule has 1 aromatic carbocycles. The molecule has 0 bridgehead atoms. The minimum atomic E-state index is -0.886. The average molecular weight is 284 g/mol. The predicted octanol–water partition coefficient (Wildman–Crippen LogP) is 3.56. The number of halogens is 1. The Morgan fingerprint density at radius 1 is 1.53 bits per heavy atom. The summed E-state index contributed by atoms with van der Waals surface area (Å²) in [5.74, 6) is 0. The summed E-state index contributed by atoms with van der Waals surface area (Å²) in [6, 6.07) is 7.30. The molecule has 1 aromatic rings. The molecule has 0 unspecified atom stereocenters. The van der Waals surface area contributed by atoms with Crippen molar-refractivity contribution < 1.29 is 14.6 Å². The van der Waals surface area contributed by atoms with Gasteiger partial charge in [0.25, 0.3) is 0 Å². The molecular weight excluding hydrogens is 266 g/mol. The summed E-state index contributed by atoms with van der Waals surface area (Å²) in [7, 11) is 1.62. The van der Waals surface area contributed by atoms with Gasteiger partial charge in [-0.05, 0) is 30.9 Å². The number of rotatable bonds is 6. The Labute approximate surface area is 117 Å². The summed E-state index contributed by atoms with van der Waals surface area (Å²) >= 11 is 6.21. The van der Waals surface area contributed by atoms with Crippen LogP contribution in [-0.2, 0) is 4.74 Å². The van der Waals surface area contributed by atoms with Gasteiger partial charge < -0.3 is 9.84 Å². The molecule has 5 heteroatoms. The zero-order valence-electron chi connectivity index (χ0n) is 10.9. The molecule has 0 radical (unpaired) electrons. The van der Waals surface area contributed by atoms with E-state index < -0.39 is 6.09 Å². The molecule has 1 amide bonds. The average Bonchev–Trinajstić information content (AvgIpc) is 3.19. The number of hydrogen-bond donors (Lipinski definition) is 1. The predicted molar refractivity (Wildman–Crippen MR) is 73.6 cm³/mol. The van der Waals surface area contributed by atoms with E-state index in [1.165, 1.54) is 4.90 Å². The van der Waals surface area contributed by atoms with E-state index in [1.54, 1.807) is 13.2 Å². The van der Waals surface area contributed by atoms with Crippen molar-refractivity contribution in [1.29, 1.82) is 0 Å². The monoisotopic (exact) mass is 283 g/mol. The summed E-state index contributed by atoms with van der Waals surface area (Å²) < 4.78 is 5.10. The molecule has 1 N–H and O–H groups in total. The van der Waals surface area contributed by atoms with Gasteiger partial charge in [0.15, 0.2) is 0 Å². The van der Waals surface area contributed by atoms with E-state index in [0.29, 0.717) is 18.1 Å². The Hall–Kier alpha value is -1.26. The Bertz CT molecular complexity index is 448. The van der Waals surface area contributed by atoms with Crippen LogP contribution in [0.4, 0.5) is 4.79 Å². The number of amides is 1. The molecular formula is C14H18ClNO3. The van der Waals surface area contributed by atoms with Gasteiger partial charge in [-0.1, -0.05) is 29.8 Å². The summed E-state index contributed by atoms with van der Waals surface area (Å²) in [4.78, 5) is 13.0. The molecule has 1 aliphatic rings. The Balaban J connectivity index is 2.28. The molecule has 1 saturated carbocycles. The number of hydrogen-bond acceptors (Lipinski definition) is 2. The summed E-state index contributed by atoms with van der Waals surface area (Å²) in [6.07, 6.45) is 1.59. The van der Waals surface area contributed by atoms with E-state index >= 15 is 0 Å². The first-order valence-electron chi connectivity index (χ1n) is 6.39. The van der Waals surface area contributed by atoms with Gasteiger partial charge in [-0.2, -0.15) is 0 Å². The zero-order chi connectivity index (χ0) is 13.8. The lowest BCUT2D eigenvalue weighted by atomic mass is 10.0. The third-order valence-corrected chi connectivity index (χ3v) is 3.70. The van der Waals surface area contributed by atoms with Crippen molar-refractivity contribution in [2.75, 3.05) is 13.7 Å². The van der Waals surface area contributed by atoms with Crippen molar-refractivity contribution in [3.05, 3.63) is 34.9 Å². The summed E-state index contributed by atoms with van der Waals surface area (Å²) in [5, 5.41) is 10.1. The largest absolute Gasteiger partial charge is 0.465 e. The topological polar surface area (TPSA) is 49.8 Å². The van der Waals surface area contributed by atoms with Crippen LogP contribution in [0.5, 0.6) is 0 Å². The van der Waals surface area contributed by atoms with Crippen molar-refractivity contribution in [1.82, 2.24) is 4.90 Å². The van der Waals surface area contributed by atoms with Gasteiger partial charge >= 0.3 is 6.09 Å². The fourth-order valence-electron chi connectivity index (χ4n) is 2.32. The van der Waals surface area contributed by atoms with Crippen molar-refractivity contribution in [3.8, 4) is 0 Å². The van der Waals surface area contributed by atoms with E-state index in [-0.39, 0.29) is 12.1 Å². The molecule has 0 spiro atoms. The third-order valence-electron chi connectivity index (χ3n) is 3.36. The van der Waals surface area contributed by atoms with Gasteiger partial charge in [-0.3, -0.25) is 4.90 Å². The van der Waals surface area contributed by atoms with Crippen molar-refractivity contribution >= 4 is 17.7 Å². The van der Waals surface area contributed by atoms with Crippen LogP contribution in [0.1, 0.15) is 30.9 Å². The number of benzene rings is 1. The van der Waals surface area contributed by atoms with Crippen molar-refractivity contribution in [3.63, 3.8) is 0 Å². The van der Waals surface area contributed by atoms with Crippen LogP contribution in [0, 0.1) is 0 Å². The molecule has 0 saturated heterocycles. The van der Waals surface area contributed by atoms with E-state index in [2.05, 4.69) is 0 Å². The first-order valence-corrected chi connectivity index (χ1v) is 6.77. The first kappa shape index (κ1) is 14.2. The SMILES string of the molecule is COCC[C@@H](c1ccccc1Cl)N(C(=O)O)C1CC1. The number of ether oxygens (including phenoxy) is 1. The van der Waals surface area contributed by atoms with Crippen LogP contribution in [0.3, 0.4) is 0 Å². The highest BCUT2D eigenvalue weighted by atomic mass is 35.5. The molecule has 0 heterocycles. The maximum absolute atomic E-state index is 11.5. The molecule has 0 aliphatic heterocycles. The van der Waals surface area contributed by atoms with E-state index in [0.717, 1.165) is 18.4 Å². The fraction of sp³-hybridized carbons (Fsp3) is 0.500. The molecule has 0 aromatic heterocycles. The highest BCUT2D eigenvalue weighted by molar-refractivity contribution is 6.31. The molecule has 4 nitrogen and oxygen atoms in total. The number of carbonyl (C=O) groups is 1. The second kappa shape index (κ2) is 6.26. The van der Waals surface area contributed by atoms with Gasteiger partial charge in [0.1, 0.15) is 0 Å². The second-order valence-corrected chi connectivity index (χ2v) is 5.15. The molecule has 104 valence electrons. The van der Waals surface area contributed by atoms with Crippen LogP contribution in [0.2, 0.25) is 5.02 Å². The smallest absolute Gasteiger partial charge is 0.408 e. The zero-order valence-corrected chi connectivity index (χ0v) is 11.6. The minimum Gasteiger partial charge on any atom is -0.465 e. The fourth-order valence-corrected chi connectivity index (χ4v) is 2.58. The highest BCUT2D eigenvalue weighted by Gasteiger charge is 2.38. The lowest BCUT2D eigenvalue weighted by Crippen LogP contribution is -2.36. The summed E-state index contributed by atoms with van der Waals surface area (Å²) in [5.41, 5.74) is 0.857. The first-order chi connectivity index (χ1) is 9.15. The second-order valence-electron chi connectivity index (χ2n) is 4.74. The van der Waals surface area contributed by atoms with E-state index in [4.69, 9.17) is 16.3 Å². The Morgan fingerprint density at radius 2 is 2.21 bits per heavy atom. The van der Waals surface area contributed by atoms with Crippen molar-refractivity contribution in [2.24, 2.45) is 0 Å². The van der Waals surface area contributed by atoms with Crippen LogP contribution < -0.4 is 0 Å². The van der Waals surface area contributed by atoms with Gasteiger partial charge in [0.05, 0.1) is 6.04 Å². The van der Waals surface area contributed by atoms with E-state index in [1.807, 2.05) is 18.2 Å². The quantitative estimate of drug-likeness (QED) is 0.868. The molecule has 1 fully saturated rings. The van der Waals surface area contributed by atoms with Gasteiger partial charge in [-0.15, -0.1) is 0 Å². The molecule has 2 rings (SSSR count). The lowest BCUT2D eigenvalue weighted by molar-refractivity contribution is 0.101. The number of methoxy groups -OCH3 is 1. The van der Waals surface area contributed by atoms with Crippen LogP contribution >= 0.6 is 11.6 Å². The molecule has 1 aliphatic carbocycles. The standard InChI is InChI=1S/C14H18ClNO3/c1-19-9-8-13(11-4-2-3-5-12(11)15)16(14(17)18)10-6-7-10/h2-5,10,13H,6-9H2,1H3,(H,17,18)/t13-/m0/s1. The maximum atomic E-state index is 11.5. The molecule has 19 heavy (non-hydrogen) atoms. The molecule has 1 atom stereocenters. The minimum absolute atomic E-state index is 0.121. The third kappa shape index (κ3) is 3.39. The summed E-state index contributed by atoms with van der Waals surface area (Å²) in [6.45, 7) is 0.506. The van der Waals surface area contributed by atoms with Crippen LogP contribution in [0.25, 0.3) is 0 Å². The van der Waals surface area contributed by atoms with Gasteiger partial charge in [-0.25, -0.2) is 4.79 Å². The highest BCUT2D eigenvalue weighted by Crippen LogP contribution is 2.38. The van der Waals surface area contributed by atoms with Crippen LogP contribution in [0.15, 0.2) is 24.3 Å².